The Labute approximate surface area is 177 Å². The predicted molar refractivity (Wildman–Crippen MR) is 114 cm³/mol. The van der Waals surface area contributed by atoms with Gasteiger partial charge in [-0.25, -0.2) is 0 Å². The van der Waals surface area contributed by atoms with Crippen molar-refractivity contribution in [3.63, 3.8) is 0 Å². The van der Waals surface area contributed by atoms with E-state index in [4.69, 9.17) is 14.2 Å². The molecule has 0 aromatic carbocycles. The van der Waals surface area contributed by atoms with Crippen LogP contribution < -0.4 is 14.2 Å². The molecule has 0 atom stereocenters. The maximum atomic E-state index is 5.43. The first-order valence-corrected chi connectivity index (χ1v) is 10.2. The molecule has 30 heavy (non-hydrogen) atoms. The van der Waals surface area contributed by atoms with Crippen LogP contribution in [0, 0.1) is 0 Å². The van der Waals surface area contributed by atoms with E-state index in [1.807, 2.05) is 55.0 Å². The summed E-state index contributed by atoms with van der Waals surface area (Å²) in [4.78, 5) is 14.0. The first-order valence-electron chi connectivity index (χ1n) is 10.2. The highest BCUT2D eigenvalue weighted by molar-refractivity contribution is 5.31. The summed E-state index contributed by atoms with van der Waals surface area (Å²) in [5, 5.41) is 0. The number of ether oxygens (including phenoxy) is 3. The van der Waals surface area contributed by atoms with Crippen LogP contribution in [-0.4, -0.2) is 36.3 Å². The van der Waals surface area contributed by atoms with E-state index < -0.39 is 0 Å². The minimum absolute atomic E-state index is 0.282. The molecule has 0 bridgehead atoms. The minimum atomic E-state index is 0.282. The van der Waals surface area contributed by atoms with Crippen LogP contribution in [0.2, 0.25) is 0 Å². The van der Waals surface area contributed by atoms with E-state index in [1.165, 1.54) is 0 Å². The molecule has 0 amide bonds. The molecule has 0 aliphatic heterocycles. The van der Waals surface area contributed by atoms with Crippen LogP contribution in [0.15, 0.2) is 55.0 Å². The zero-order chi connectivity index (χ0) is 20.9. The van der Waals surface area contributed by atoms with Crippen molar-refractivity contribution < 1.29 is 14.2 Å². The molecular formula is C24H27N3O3. The van der Waals surface area contributed by atoms with Crippen LogP contribution in [0.3, 0.4) is 0 Å². The van der Waals surface area contributed by atoms with Gasteiger partial charge in [0.25, 0.3) is 0 Å². The highest BCUT2D eigenvalue weighted by Gasteiger charge is 2.34. The van der Waals surface area contributed by atoms with Gasteiger partial charge >= 0.3 is 0 Å². The summed E-state index contributed by atoms with van der Waals surface area (Å²) in [6.07, 6.45) is 8.38. The fourth-order valence-corrected chi connectivity index (χ4v) is 4.38. The molecule has 6 heteroatoms. The lowest BCUT2D eigenvalue weighted by Gasteiger charge is -2.34. The standard InChI is InChI=1S/C24H27N3O3/c1-28-19-4-7-25-22(13-19)16-10-17(23-14-20(29-2)5-8-26-23)12-18(11-16)24-15-21(30-3)6-9-27-24/h4-9,13-18H,10-12H2,1-3H3. The van der Waals surface area contributed by atoms with Crippen LogP contribution >= 0.6 is 0 Å². The first-order chi connectivity index (χ1) is 14.7. The molecule has 0 saturated heterocycles. The van der Waals surface area contributed by atoms with E-state index in [9.17, 15) is 0 Å². The molecule has 1 saturated carbocycles. The van der Waals surface area contributed by atoms with Crippen molar-refractivity contribution in [2.45, 2.75) is 37.0 Å². The summed E-state index contributed by atoms with van der Waals surface area (Å²) in [6.45, 7) is 0. The van der Waals surface area contributed by atoms with Gasteiger partial charge in [-0.3, -0.25) is 15.0 Å². The Morgan fingerprint density at radius 1 is 0.567 bits per heavy atom. The fourth-order valence-electron chi connectivity index (χ4n) is 4.38. The molecule has 0 unspecified atom stereocenters. The number of aromatic nitrogens is 3. The maximum absolute atomic E-state index is 5.43. The predicted octanol–water partition coefficient (Wildman–Crippen LogP) is 4.73. The normalized spacial score (nSPS) is 21.1. The quantitative estimate of drug-likeness (QED) is 0.591. The number of nitrogens with zero attached hydrogens (tertiary/aromatic N) is 3. The molecule has 6 nitrogen and oxygen atoms in total. The summed E-state index contributed by atoms with van der Waals surface area (Å²) >= 11 is 0. The van der Waals surface area contributed by atoms with E-state index in [0.29, 0.717) is 0 Å². The van der Waals surface area contributed by atoms with Crippen LogP contribution in [0.4, 0.5) is 0 Å². The van der Waals surface area contributed by atoms with E-state index in [2.05, 4.69) is 15.0 Å². The van der Waals surface area contributed by atoms with Crippen LogP contribution in [-0.2, 0) is 0 Å². The highest BCUT2D eigenvalue weighted by Crippen LogP contribution is 2.47. The largest absolute Gasteiger partial charge is 0.497 e. The molecule has 156 valence electrons. The summed E-state index contributed by atoms with van der Waals surface area (Å²) < 4.78 is 16.3. The van der Waals surface area contributed by atoms with Crippen molar-refractivity contribution >= 4 is 0 Å². The Bertz CT molecular complexity index is 861. The van der Waals surface area contributed by atoms with Gasteiger partial charge in [-0.15, -0.1) is 0 Å². The van der Waals surface area contributed by atoms with Gasteiger partial charge in [0.2, 0.25) is 0 Å². The summed E-state index contributed by atoms with van der Waals surface area (Å²) in [7, 11) is 5.06. The summed E-state index contributed by atoms with van der Waals surface area (Å²) in [5.41, 5.74) is 3.15. The van der Waals surface area contributed by atoms with E-state index in [0.717, 1.165) is 53.6 Å². The summed E-state index contributed by atoms with van der Waals surface area (Å²) in [6, 6.07) is 11.8. The van der Waals surface area contributed by atoms with Crippen LogP contribution in [0.1, 0.15) is 54.1 Å². The van der Waals surface area contributed by atoms with Gasteiger partial charge in [0.15, 0.2) is 0 Å². The highest BCUT2D eigenvalue weighted by atomic mass is 16.5. The third-order valence-electron chi connectivity index (χ3n) is 5.93. The van der Waals surface area contributed by atoms with Crippen molar-refractivity contribution in [3.05, 3.63) is 72.1 Å². The third-order valence-corrected chi connectivity index (χ3v) is 5.93. The van der Waals surface area contributed by atoms with Crippen molar-refractivity contribution in [1.82, 2.24) is 15.0 Å². The van der Waals surface area contributed by atoms with Crippen LogP contribution in [0.5, 0.6) is 17.2 Å². The Morgan fingerprint density at radius 2 is 0.867 bits per heavy atom. The molecule has 3 aromatic rings. The molecule has 1 aliphatic carbocycles. The van der Waals surface area contributed by atoms with Crippen molar-refractivity contribution in [3.8, 4) is 17.2 Å². The van der Waals surface area contributed by atoms with Crippen molar-refractivity contribution in [2.75, 3.05) is 21.3 Å². The Hall–Kier alpha value is -3.15. The Balaban J connectivity index is 1.69. The lowest BCUT2D eigenvalue weighted by Crippen LogP contribution is -2.21. The monoisotopic (exact) mass is 405 g/mol. The van der Waals surface area contributed by atoms with Gasteiger partial charge in [-0.2, -0.15) is 0 Å². The number of methoxy groups -OCH3 is 3. The molecule has 1 fully saturated rings. The molecule has 0 radical (unpaired) electrons. The number of rotatable bonds is 6. The summed E-state index contributed by atoms with van der Waals surface area (Å²) in [5.74, 6) is 3.34. The van der Waals surface area contributed by atoms with Gasteiger partial charge in [-0.1, -0.05) is 0 Å². The van der Waals surface area contributed by atoms with E-state index >= 15 is 0 Å². The van der Waals surface area contributed by atoms with Crippen molar-refractivity contribution in [2.24, 2.45) is 0 Å². The Morgan fingerprint density at radius 3 is 1.13 bits per heavy atom. The van der Waals surface area contributed by atoms with Gasteiger partial charge < -0.3 is 14.2 Å². The topological polar surface area (TPSA) is 66.4 Å². The lowest BCUT2D eigenvalue weighted by atomic mass is 9.71. The molecular weight excluding hydrogens is 378 g/mol. The van der Waals surface area contributed by atoms with Gasteiger partial charge in [0.1, 0.15) is 17.2 Å². The van der Waals surface area contributed by atoms with Crippen LogP contribution in [0.25, 0.3) is 0 Å². The zero-order valence-corrected chi connectivity index (χ0v) is 17.6. The van der Waals surface area contributed by atoms with Crippen molar-refractivity contribution in [1.29, 1.82) is 0 Å². The molecule has 0 spiro atoms. The number of hydrogen-bond donors (Lipinski definition) is 0. The SMILES string of the molecule is COc1ccnc(C2CC(c3cc(OC)ccn3)CC(c3cc(OC)ccn3)C2)c1. The molecule has 4 rings (SSSR count). The average molecular weight is 405 g/mol. The third kappa shape index (κ3) is 4.37. The van der Waals surface area contributed by atoms with E-state index in [1.54, 1.807) is 21.3 Å². The molecule has 3 heterocycles. The molecule has 1 aliphatic rings. The zero-order valence-electron chi connectivity index (χ0n) is 17.6. The second-order valence-corrected chi connectivity index (χ2v) is 7.66. The molecule has 0 N–H and O–H groups in total. The average Bonchev–Trinajstić information content (AvgIpc) is 2.83. The lowest BCUT2D eigenvalue weighted by molar-refractivity contribution is 0.334. The van der Waals surface area contributed by atoms with Gasteiger partial charge in [0, 0.05) is 71.6 Å². The fraction of sp³-hybridized carbons (Fsp3) is 0.375. The number of hydrogen-bond acceptors (Lipinski definition) is 6. The van der Waals surface area contributed by atoms with Gasteiger partial charge in [0.05, 0.1) is 21.3 Å². The molecule has 3 aromatic heterocycles. The number of pyridine rings is 3. The maximum Gasteiger partial charge on any atom is 0.122 e. The first kappa shape index (κ1) is 20.1. The second kappa shape index (κ2) is 9.11. The van der Waals surface area contributed by atoms with Gasteiger partial charge in [-0.05, 0) is 37.5 Å². The smallest absolute Gasteiger partial charge is 0.122 e. The van der Waals surface area contributed by atoms with E-state index in [-0.39, 0.29) is 17.8 Å². The Kier molecular flexibility index (Phi) is 6.12. The second-order valence-electron chi connectivity index (χ2n) is 7.66. The minimum Gasteiger partial charge on any atom is -0.497 e.